The lowest BCUT2D eigenvalue weighted by Crippen LogP contribution is -2.23. The van der Waals surface area contributed by atoms with E-state index >= 15 is 0 Å². The van der Waals surface area contributed by atoms with Crippen molar-refractivity contribution in [3.63, 3.8) is 0 Å². The first-order valence-electron chi connectivity index (χ1n) is 4.52. The van der Waals surface area contributed by atoms with Crippen molar-refractivity contribution in [2.45, 2.75) is 45.7 Å². The molecule has 1 saturated heterocycles. The second-order valence-electron chi connectivity index (χ2n) is 3.10. The number of carbonyl (C=O) groups is 1. The Labute approximate surface area is 74.5 Å². The van der Waals surface area contributed by atoms with E-state index in [1.807, 2.05) is 0 Å². The van der Waals surface area contributed by atoms with Gasteiger partial charge in [-0.05, 0) is 33.6 Å². The Morgan fingerprint density at radius 2 is 1.92 bits per heavy atom. The third-order valence-electron chi connectivity index (χ3n) is 1.84. The molecule has 0 bridgehead atoms. The first-order valence-corrected chi connectivity index (χ1v) is 4.52. The van der Waals surface area contributed by atoms with Crippen LogP contribution in [-0.2, 0) is 9.53 Å². The van der Waals surface area contributed by atoms with E-state index in [2.05, 4.69) is 23.9 Å². The van der Waals surface area contributed by atoms with Gasteiger partial charge in [-0.3, -0.25) is 4.79 Å². The van der Waals surface area contributed by atoms with Crippen molar-refractivity contribution in [3.05, 3.63) is 0 Å². The van der Waals surface area contributed by atoms with E-state index in [1.54, 1.807) is 6.92 Å². The van der Waals surface area contributed by atoms with Gasteiger partial charge in [-0.1, -0.05) is 0 Å². The highest BCUT2D eigenvalue weighted by Gasteiger charge is 2.14. The Morgan fingerprint density at radius 1 is 1.42 bits per heavy atom. The molecule has 1 heterocycles. The topological polar surface area (TPSA) is 38.3 Å². The molecule has 0 aromatic carbocycles. The number of hydrogen-bond donors (Lipinski definition) is 1. The van der Waals surface area contributed by atoms with Crippen LogP contribution in [0.5, 0.6) is 0 Å². The number of nitrogens with one attached hydrogen (secondary N) is 1. The van der Waals surface area contributed by atoms with E-state index in [0.29, 0.717) is 13.1 Å². The van der Waals surface area contributed by atoms with Gasteiger partial charge in [0.1, 0.15) is 0 Å². The van der Waals surface area contributed by atoms with Crippen LogP contribution in [0.25, 0.3) is 0 Å². The average Bonchev–Trinajstić information content (AvgIpc) is 2.38. The molecule has 0 aromatic heterocycles. The summed E-state index contributed by atoms with van der Waals surface area (Å²) in [5.74, 6) is 0. The maximum Gasteiger partial charge on any atom is 0.293 e. The largest absolute Gasteiger partial charge is 0.468 e. The molecule has 1 rings (SSSR count). The molecule has 1 N–H and O–H groups in total. The molecule has 0 radical (unpaired) electrons. The van der Waals surface area contributed by atoms with Gasteiger partial charge in [0.25, 0.3) is 6.47 Å². The fourth-order valence-electron chi connectivity index (χ4n) is 1.22. The van der Waals surface area contributed by atoms with Crippen molar-refractivity contribution >= 4 is 6.47 Å². The highest BCUT2D eigenvalue weighted by atomic mass is 16.5. The number of ether oxygens (including phenoxy) is 1. The van der Waals surface area contributed by atoms with Gasteiger partial charge in [-0.15, -0.1) is 0 Å². The molecule has 12 heavy (non-hydrogen) atoms. The summed E-state index contributed by atoms with van der Waals surface area (Å²) >= 11 is 0. The molecule has 1 aliphatic heterocycles. The maximum atomic E-state index is 9.18. The van der Waals surface area contributed by atoms with E-state index in [1.165, 1.54) is 12.8 Å². The molecular weight excluding hydrogens is 154 g/mol. The second kappa shape index (κ2) is 7.10. The van der Waals surface area contributed by atoms with Crippen LogP contribution in [0.2, 0.25) is 0 Å². The normalized spacial score (nSPS) is 27.2. The molecule has 3 nitrogen and oxygen atoms in total. The molecular formula is C9H19NO2. The van der Waals surface area contributed by atoms with Gasteiger partial charge in [-0.25, -0.2) is 0 Å². The smallest absolute Gasteiger partial charge is 0.293 e. The van der Waals surface area contributed by atoms with E-state index in [9.17, 15) is 4.79 Å². The lowest BCUT2D eigenvalue weighted by molar-refractivity contribution is -0.128. The molecule has 0 saturated carbocycles. The third-order valence-corrected chi connectivity index (χ3v) is 1.84. The quantitative estimate of drug-likeness (QED) is 0.640. The molecule has 0 aliphatic carbocycles. The Morgan fingerprint density at radius 3 is 2.00 bits per heavy atom. The summed E-state index contributed by atoms with van der Waals surface area (Å²) in [6.07, 6.45) is 2.72. The van der Waals surface area contributed by atoms with Crippen LogP contribution in [0.15, 0.2) is 0 Å². The van der Waals surface area contributed by atoms with Gasteiger partial charge in [0, 0.05) is 12.1 Å². The minimum absolute atomic E-state index is 0.431. The van der Waals surface area contributed by atoms with Gasteiger partial charge in [0.2, 0.25) is 0 Å². The van der Waals surface area contributed by atoms with Crippen molar-refractivity contribution in [2.24, 2.45) is 0 Å². The summed E-state index contributed by atoms with van der Waals surface area (Å²) in [6, 6.07) is 1.55. The predicted octanol–water partition coefficient (Wildman–Crippen LogP) is 1.33. The second-order valence-corrected chi connectivity index (χ2v) is 3.10. The van der Waals surface area contributed by atoms with Gasteiger partial charge >= 0.3 is 0 Å². The molecule has 0 amide bonds. The summed E-state index contributed by atoms with van der Waals surface area (Å²) < 4.78 is 4.15. The van der Waals surface area contributed by atoms with Crippen molar-refractivity contribution in [2.75, 3.05) is 6.61 Å². The Bertz CT molecular complexity index is 109. The van der Waals surface area contributed by atoms with Crippen molar-refractivity contribution < 1.29 is 9.53 Å². The SMILES string of the molecule is CC1CCC(C)N1.CCOC=O. The highest BCUT2D eigenvalue weighted by Crippen LogP contribution is 2.09. The van der Waals surface area contributed by atoms with Crippen LogP contribution in [0, 0.1) is 0 Å². The Hall–Kier alpha value is -0.570. The Balaban J connectivity index is 0.000000217. The summed E-state index contributed by atoms with van der Waals surface area (Å²) in [7, 11) is 0. The summed E-state index contributed by atoms with van der Waals surface area (Å²) in [4.78, 5) is 9.18. The molecule has 72 valence electrons. The maximum absolute atomic E-state index is 9.18. The van der Waals surface area contributed by atoms with Crippen molar-refractivity contribution in [1.29, 1.82) is 0 Å². The summed E-state index contributed by atoms with van der Waals surface area (Å²) in [5, 5.41) is 3.42. The predicted molar refractivity (Wildman–Crippen MR) is 49.0 cm³/mol. The monoisotopic (exact) mass is 173 g/mol. The Kier molecular flexibility index (Phi) is 6.76. The summed E-state index contributed by atoms with van der Waals surface area (Å²) in [5.41, 5.74) is 0. The number of rotatable bonds is 2. The fourth-order valence-corrected chi connectivity index (χ4v) is 1.22. The summed E-state index contributed by atoms with van der Waals surface area (Å²) in [6.45, 7) is 7.14. The molecule has 2 atom stereocenters. The zero-order valence-electron chi connectivity index (χ0n) is 8.17. The van der Waals surface area contributed by atoms with Crippen LogP contribution < -0.4 is 5.32 Å². The van der Waals surface area contributed by atoms with Gasteiger partial charge in [0.15, 0.2) is 0 Å². The average molecular weight is 173 g/mol. The lowest BCUT2D eigenvalue weighted by atomic mass is 10.2. The van der Waals surface area contributed by atoms with Gasteiger partial charge < -0.3 is 10.1 Å². The molecule has 1 fully saturated rings. The van der Waals surface area contributed by atoms with Crippen LogP contribution in [0.1, 0.15) is 33.6 Å². The van der Waals surface area contributed by atoms with E-state index in [-0.39, 0.29) is 0 Å². The van der Waals surface area contributed by atoms with Crippen LogP contribution in [0.3, 0.4) is 0 Å². The zero-order valence-corrected chi connectivity index (χ0v) is 8.17. The molecule has 0 aromatic rings. The fraction of sp³-hybridized carbons (Fsp3) is 0.889. The third kappa shape index (κ3) is 6.16. The number of hydrogen-bond acceptors (Lipinski definition) is 3. The first kappa shape index (κ1) is 11.4. The molecule has 1 aliphatic rings. The standard InChI is InChI=1S/C6H13N.C3H6O2/c1-5-3-4-6(2)7-5;1-2-5-3-4/h5-7H,3-4H2,1-2H3;3H,2H2,1H3. The molecule has 2 unspecified atom stereocenters. The van der Waals surface area contributed by atoms with Crippen LogP contribution in [-0.4, -0.2) is 25.2 Å². The minimum atomic E-state index is 0.431. The van der Waals surface area contributed by atoms with Crippen LogP contribution >= 0.6 is 0 Å². The van der Waals surface area contributed by atoms with E-state index in [4.69, 9.17) is 0 Å². The van der Waals surface area contributed by atoms with Crippen molar-refractivity contribution in [1.82, 2.24) is 5.32 Å². The van der Waals surface area contributed by atoms with E-state index < -0.39 is 0 Å². The molecule has 3 heteroatoms. The van der Waals surface area contributed by atoms with Gasteiger partial charge in [0.05, 0.1) is 6.61 Å². The molecule has 0 spiro atoms. The van der Waals surface area contributed by atoms with Crippen LogP contribution in [0.4, 0.5) is 0 Å². The highest BCUT2D eigenvalue weighted by molar-refractivity contribution is 5.36. The lowest BCUT2D eigenvalue weighted by Gasteiger charge is -2.01. The minimum Gasteiger partial charge on any atom is -0.468 e. The first-order chi connectivity index (χ1) is 5.70. The number of carbonyl (C=O) groups excluding carboxylic acids is 1. The van der Waals surface area contributed by atoms with E-state index in [0.717, 1.165) is 12.1 Å². The van der Waals surface area contributed by atoms with Gasteiger partial charge in [-0.2, -0.15) is 0 Å². The van der Waals surface area contributed by atoms with Crippen molar-refractivity contribution in [3.8, 4) is 0 Å². The zero-order chi connectivity index (χ0) is 9.40.